The first-order valence-corrected chi connectivity index (χ1v) is 6.25. The predicted octanol–water partition coefficient (Wildman–Crippen LogP) is -0.534. The maximum atomic E-state index is 10.9. The molecule has 0 saturated heterocycles. The molecule has 0 aromatic carbocycles. The molecule has 0 aliphatic carbocycles. The van der Waals surface area contributed by atoms with Crippen LogP contribution in [0.15, 0.2) is 0 Å². The number of carbonyl (C=O) groups excluding carboxylic acids is 3. The van der Waals surface area contributed by atoms with Gasteiger partial charge in [-0.1, -0.05) is 0 Å². The average Bonchev–Trinajstić information content (AvgIpc) is 1.95. The highest BCUT2D eigenvalue weighted by Gasteiger charge is 2.58. The van der Waals surface area contributed by atoms with Crippen LogP contribution < -0.4 is 0 Å². The van der Waals surface area contributed by atoms with E-state index in [1.807, 2.05) is 0 Å². The fourth-order valence-electron chi connectivity index (χ4n) is 0.872. The first-order valence-electron chi connectivity index (χ1n) is 4.61. The third-order valence-electron chi connectivity index (χ3n) is 1.12. The van der Waals surface area contributed by atoms with Crippen LogP contribution in [0.4, 0.5) is 0 Å². The maximum Gasteiger partial charge on any atom is 0.901 e. The largest absolute Gasteiger partial charge is 0.901 e. The van der Waals surface area contributed by atoms with Gasteiger partial charge >= 0.3 is 9.05 Å². The summed E-state index contributed by atoms with van der Waals surface area (Å²) in [5, 5.41) is 9.07. The van der Waals surface area contributed by atoms with Gasteiger partial charge in [0.05, 0.1) is 0 Å². The van der Waals surface area contributed by atoms with E-state index in [1.165, 1.54) is 6.92 Å². The monoisotopic (exact) mass is 266 g/mol. The van der Waals surface area contributed by atoms with Crippen LogP contribution in [0.3, 0.4) is 0 Å². The van der Waals surface area contributed by atoms with E-state index < -0.39 is 33.2 Å². The third kappa shape index (κ3) is 6.66. The molecule has 1 unspecified atom stereocenters. The Hall–Kier alpha value is -1.45. The van der Waals surface area contributed by atoms with Crippen molar-refractivity contribution in [3.05, 3.63) is 0 Å². The summed E-state index contributed by atoms with van der Waals surface area (Å²) in [6.45, 7) is 4.22. The lowest BCUT2D eigenvalue weighted by Crippen LogP contribution is -2.54. The van der Waals surface area contributed by atoms with E-state index in [4.69, 9.17) is 9.53 Å². The summed E-state index contributed by atoms with van der Waals surface area (Å²) in [4.78, 5) is 32.6. The number of aliphatic hydroxyl groups excluding tert-OH is 1. The molecule has 0 saturated carbocycles. The van der Waals surface area contributed by atoms with Crippen molar-refractivity contribution >= 4 is 27.0 Å². The molecule has 0 radical (unpaired) electrons. The number of rotatable bonds is 5. The highest BCUT2D eigenvalue weighted by atomic mass is 28.4. The number of carbonyl (C=O) groups is 3. The Morgan fingerprint density at radius 2 is 1.24 bits per heavy atom. The highest BCUT2D eigenvalue weighted by molar-refractivity contribution is 6.59. The zero-order valence-electron chi connectivity index (χ0n) is 9.88. The predicted molar refractivity (Wildman–Crippen MR) is 53.8 cm³/mol. The van der Waals surface area contributed by atoms with Crippen LogP contribution in [0.5, 0.6) is 0 Å². The van der Waals surface area contributed by atoms with Crippen LogP contribution in [-0.4, -0.2) is 38.4 Å². The summed E-state index contributed by atoms with van der Waals surface area (Å²) in [5.74, 6) is -2.63. The molecule has 1 N–H and O–H groups in total. The second-order valence-corrected chi connectivity index (χ2v) is 4.85. The summed E-state index contributed by atoms with van der Waals surface area (Å²) >= 11 is 0. The lowest BCUT2D eigenvalue weighted by atomic mass is 10.8. The van der Waals surface area contributed by atoms with Gasteiger partial charge in [-0.3, -0.25) is 18.8 Å². The van der Waals surface area contributed by atoms with E-state index in [-0.39, 0.29) is 0 Å². The summed E-state index contributed by atoms with van der Waals surface area (Å²) in [6, 6.07) is 0. The molecule has 0 bridgehead atoms. The SMILES string of the molecule is CC(=O)O[Si](OC(C)=O)(OC(C)=O)OC(C)O. The second kappa shape index (κ2) is 6.32. The van der Waals surface area contributed by atoms with Gasteiger partial charge in [-0.2, -0.15) is 0 Å². The Balaban J connectivity index is 5.09. The zero-order chi connectivity index (χ0) is 13.6. The molecule has 0 amide bonds. The smallest absolute Gasteiger partial charge is 0.433 e. The lowest BCUT2D eigenvalue weighted by molar-refractivity contribution is -0.164. The van der Waals surface area contributed by atoms with Crippen molar-refractivity contribution in [3.63, 3.8) is 0 Å². The highest BCUT2D eigenvalue weighted by Crippen LogP contribution is 2.15. The molecule has 0 aliphatic heterocycles. The summed E-state index contributed by atoms with van der Waals surface area (Å²) in [7, 11) is -4.35. The zero-order valence-corrected chi connectivity index (χ0v) is 10.9. The molecule has 0 aromatic rings. The molecule has 0 aromatic heterocycles. The Labute approximate surface area is 98.9 Å². The van der Waals surface area contributed by atoms with Crippen molar-refractivity contribution in [3.8, 4) is 0 Å². The number of aliphatic hydroxyl groups is 1. The van der Waals surface area contributed by atoms with Gasteiger partial charge in [-0.05, 0) is 6.92 Å². The molecule has 0 rings (SSSR count). The average molecular weight is 266 g/mol. The fourth-order valence-corrected chi connectivity index (χ4v) is 2.61. The van der Waals surface area contributed by atoms with Crippen LogP contribution in [0, 0.1) is 0 Å². The number of hydrogen-bond donors (Lipinski definition) is 1. The van der Waals surface area contributed by atoms with Crippen molar-refractivity contribution in [2.24, 2.45) is 0 Å². The quantitative estimate of drug-likeness (QED) is 0.522. The van der Waals surface area contributed by atoms with E-state index in [2.05, 4.69) is 13.3 Å². The molecule has 1 atom stereocenters. The molecular formula is C8H14O8Si. The van der Waals surface area contributed by atoms with Gasteiger partial charge in [-0.25, -0.2) is 0 Å². The van der Waals surface area contributed by atoms with Crippen LogP contribution in [0.2, 0.25) is 0 Å². The van der Waals surface area contributed by atoms with Gasteiger partial charge in [0.25, 0.3) is 17.9 Å². The molecule has 0 aliphatic rings. The Kier molecular flexibility index (Phi) is 5.78. The molecule has 17 heavy (non-hydrogen) atoms. The summed E-state index contributed by atoms with van der Waals surface area (Å²) in [5.41, 5.74) is 0. The van der Waals surface area contributed by atoms with Crippen molar-refractivity contribution in [1.29, 1.82) is 0 Å². The molecule has 0 fully saturated rings. The first kappa shape index (κ1) is 15.5. The van der Waals surface area contributed by atoms with Gasteiger partial charge in [0.1, 0.15) is 0 Å². The summed E-state index contributed by atoms with van der Waals surface area (Å²) < 4.78 is 18.5. The standard InChI is InChI=1S/C8H14O8Si/c1-5(9)13-17(14-6(2)10,15-7(3)11)16-8(4)12/h5,9H,1-4H3. The Morgan fingerprint density at radius 1 is 0.941 bits per heavy atom. The van der Waals surface area contributed by atoms with Crippen LogP contribution >= 0.6 is 0 Å². The normalized spacial score (nSPS) is 12.5. The van der Waals surface area contributed by atoms with E-state index >= 15 is 0 Å². The van der Waals surface area contributed by atoms with Gasteiger partial charge < -0.3 is 18.4 Å². The van der Waals surface area contributed by atoms with Gasteiger partial charge in [0.15, 0.2) is 6.29 Å². The minimum Gasteiger partial charge on any atom is -0.433 e. The van der Waals surface area contributed by atoms with Crippen LogP contribution in [0.25, 0.3) is 0 Å². The van der Waals surface area contributed by atoms with Crippen LogP contribution in [0.1, 0.15) is 27.7 Å². The van der Waals surface area contributed by atoms with Crippen molar-refractivity contribution in [2.75, 3.05) is 0 Å². The fraction of sp³-hybridized carbons (Fsp3) is 0.625. The first-order chi connectivity index (χ1) is 7.67. The molecule has 0 spiro atoms. The minimum atomic E-state index is -4.35. The minimum absolute atomic E-state index is 0.875. The topological polar surface area (TPSA) is 108 Å². The van der Waals surface area contributed by atoms with Gasteiger partial charge in [-0.15, -0.1) is 0 Å². The van der Waals surface area contributed by atoms with Crippen LogP contribution in [-0.2, 0) is 32.1 Å². The van der Waals surface area contributed by atoms with E-state index in [0.29, 0.717) is 0 Å². The molecular weight excluding hydrogens is 252 g/mol. The van der Waals surface area contributed by atoms with Gasteiger partial charge in [0.2, 0.25) is 0 Å². The van der Waals surface area contributed by atoms with Crippen molar-refractivity contribution in [2.45, 2.75) is 34.0 Å². The molecule has 98 valence electrons. The Bertz CT molecular complexity index is 272. The van der Waals surface area contributed by atoms with Gasteiger partial charge in [0, 0.05) is 20.8 Å². The second-order valence-electron chi connectivity index (χ2n) is 3.00. The van der Waals surface area contributed by atoms with Crippen molar-refractivity contribution in [1.82, 2.24) is 0 Å². The Morgan fingerprint density at radius 3 is 1.41 bits per heavy atom. The van der Waals surface area contributed by atoms with E-state index in [0.717, 1.165) is 20.8 Å². The summed E-state index contributed by atoms with van der Waals surface area (Å²) in [6.07, 6.45) is -1.44. The van der Waals surface area contributed by atoms with E-state index in [1.54, 1.807) is 0 Å². The molecule has 0 heterocycles. The molecule has 9 heteroatoms. The van der Waals surface area contributed by atoms with E-state index in [9.17, 15) is 14.4 Å². The van der Waals surface area contributed by atoms with Crippen molar-refractivity contribution < 1.29 is 37.2 Å². The maximum absolute atomic E-state index is 10.9. The molecule has 8 nitrogen and oxygen atoms in total. The third-order valence-corrected chi connectivity index (χ3v) is 3.36. The number of hydrogen-bond acceptors (Lipinski definition) is 8. The lowest BCUT2D eigenvalue weighted by Gasteiger charge is -2.25.